The highest BCUT2D eigenvalue weighted by Crippen LogP contribution is 2.19. The Bertz CT molecular complexity index is 889. The highest BCUT2D eigenvalue weighted by atomic mass is 35.5. The van der Waals surface area contributed by atoms with E-state index >= 15 is 0 Å². The van der Waals surface area contributed by atoms with E-state index in [4.69, 9.17) is 21.0 Å². The number of nitrogens with one attached hydrogen (secondary N) is 1. The number of carbonyl (C=O) groups is 1. The Hall–Kier alpha value is -3.12. The van der Waals surface area contributed by atoms with Gasteiger partial charge in [0.05, 0.1) is 0 Å². The van der Waals surface area contributed by atoms with Crippen LogP contribution in [0.1, 0.15) is 12.7 Å². The fourth-order valence-electron chi connectivity index (χ4n) is 2.02. The smallest absolute Gasteiger partial charge is 0.354 e. The van der Waals surface area contributed by atoms with E-state index in [2.05, 4.69) is 15.6 Å². The number of benzene rings is 2. The van der Waals surface area contributed by atoms with Crippen LogP contribution in [0.3, 0.4) is 0 Å². The van der Waals surface area contributed by atoms with Gasteiger partial charge in [-0.2, -0.15) is 0 Å². The molecular formula is C18H14ClN3O3. The summed E-state index contributed by atoms with van der Waals surface area (Å²) >= 11 is 5.78. The zero-order valence-electron chi connectivity index (χ0n) is 13.3. The summed E-state index contributed by atoms with van der Waals surface area (Å²) in [6.07, 6.45) is -0.718. The lowest BCUT2D eigenvalue weighted by Gasteiger charge is -2.02. The lowest BCUT2D eigenvalue weighted by Crippen LogP contribution is -2.11. The molecule has 25 heavy (non-hydrogen) atoms. The number of amides is 1. The SMILES string of the molecule is CC(=NOC(=O)Nc1ccc(Cl)cc1)c1cc(-c2ccccc2)no1. The van der Waals surface area contributed by atoms with Crippen LogP contribution < -0.4 is 5.32 Å². The zero-order chi connectivity index (χ0) is 17.6. The Labute approximate surface area is 149 Å². The van der Waals surface area contributed by atoms with E-state index in [-0.39, 0.29) is 0 Å². The molecule has 0 aliphatic heterocycles. The number of halogens is 1. The summed E-state index contributed by atoms with van der Waals surface area (Å²) in [5.74, 6) is 0.415. The molecule has 0 aliphatic rings. The minimum atomic E-state index is -0.718. The van der Waals surface area contributed by atoms with E-state index in [1.165, 1.54) is 0 Å². The maximum atomic E-state index is 11.7. The van der Waals surface area contributed by atoms with Gasteiger partial charge in [-0.05, 0) is 31.2 Å². The molecule has 0 atom stereocenters. The summed E-state index contributed by atoms with van der Waals surface area (Å²) in [5.41, 5.74) is 2.54. The van der Waals surface area contributed by atoms with Crippen LogP contribution in [0.15, 0.2) is 70.3 Å². The van der Waals surface area contributed by atoms with Crippen molar-refractivity contribution in [2.75, 3.05) is 5.32 Å². The van der Waals surface area contributed by atoms with Gasteiger partial charge < -0.3 is 4.52 Å². The van der Waals surface area contributed by atoms with Gasteiger partial charge in [-0.3, -0.25) is 10.2 Å². The van der Waals surface area contributed by atoms with Crippen molar-refractivity contribution in [2.24, 2.45) is 5.16 Å². The first-order valence-corrected chi connectivity index (χ1v) is 7.80. The molecule has 6 nitrogen and oxygen atoms in total. The van der Waals surface area contributed by atoms with Gasteiger partial charge in [0.15, 0.2) is 5.76 Å². The van der Waals surface area contributed by atoms with Crippen LogP contribution in [-0.4, -0.2) is 17.0 Å². The van der Waals surface area contributed by atoms with Crippen molar-refractivity contribution in [3.05, 3.63) is 71.4 Å². The first-order chi connectivity index (χ1) is 12.1. The van der Waals surface area contributed by atoms with Crippen LogP contribution in [0.25, 0.3) is 11.3 Å². The predicted octanol–water partition coefficient (Wildman–Crippen LogP) is 4.97. The second kappa shape index (κ2) is 7.63. The van der Waals surface area contributed by atoms with Crippen molar-refractivity contribution in [1.29, 1.82) is 0 Å². The molecule has 0 saturated carbocycles. The molecule has 3 rings (SSSR count). The molecule has 0 bridgehead atoms. The van der Waals surface area contributed by atoms with Gasteiger partial charge in [0.25, 0.3) is 0 Å². The lowest BCUT2D eigenvalue weighted by atomic mass is 10.1. The molecule has 0 spiro atoms. The average Bonchev–Trinajstić information content (AvgIpc) is 3.13. The quantitative estimate of drug-likeness (QED) is 0.407. The number of oxime groups is 1. The first-order valence-electron chi connectivity index (χ1n) is 7.42. The summed E-state index contributed by atoms with van der Waals surface area (Å²) in [5, 5.41) is 10.9. The number of hydrogen-bond acceptors (Lipinski definition) is 5. The normalized spacial score (nSPS) is 11.2. The molecule has 7 heteroatoms. The van der Waals surface area contributed by atoms with Crippen molar-refractivity contribution in [1.82, 2.24) is 5.16 Å². The highest BCUT2D eigenvalue weighted by molar-refractivity contribution is 6.30. The van der Waals surface area contributed by atoms with Gasteiger partial charge in [-0.1, -0.05) is 52.2 Å². The minimum Gasteiger partial charge on any atom is -0.354 e. The number of anilines is 1. The van der Waals surface area contributed by atoms with Gasteiger partial charge in [0.2, 0.25) is 0 Å². The molecule has 0 aliphatic carbocycles. The van der Waals surface area contributed by atoms with Gasteiger partial charge in [-0.15, -0.1) is 0 Å². The van der Waals surface area contributed by atoms with Crippen LogP contribution in [0, 0.1) is 0 Å². The summed E-state index contributed by atoms with van der Waals surface area (Å²) < 4.78 is 5.24. The first kappa shape index (κ1) is 16.7. The number of rotatable bonds is 4. The third kappa shape index (κ3) is 4.45. The molecule has 126 valence electrons. The standard InChI is InChI=1S/C18H14ClN3O3/c1-12(17-11-16(22-24-17)13-5-3-2-4-6-13)21-25-18(23)20-15-9-7-14(19)8-10-15/h2-11H,1H3,(H,20,23). The lowest BCUT2D eigenvalue weighted by molar-refractivity contribution is 0.166. The van der Waals surface area contributed by atoms with Crippen molar-refractivity contribution >= 4 is 29.1 Å². The number of carbonyl (C=O) groups excluding carboxylic acids is 1. The van der Waals surface area contributed by atoms with E-state index in [0.717, 1.165) is 5.56 Å². The number of aromatic nitrogens is 1. The molecule has 1 N–H and O–H groups in total. The minimum absolute atomic E-state index is 0.390. The Morgan fingerprint density at radius 2 is 1.88 bits per heavy atom. The van der Waals surface area contributed by atoms with Crippen molar-refractivity contribution in [2.45, 2.75) is 6.92 Å². The Morgan fingerprint density at radius 1 is 1.16 bits per heavy atom. The Balaban J connectivity index is 1.62. The summed E-state index contributed by atoms with van der Waals surface area (Å²) in [4.78, 5) is 16.6. The van der Waals surface area contributed by atoms with Crippen LogP contribution in [-0.2, 0) is 4.84 Å². The summed E-state index contributed by atoms with van der Waals surface area (Å²) in [6.45, 7) is 1.66. The Morgan fingerprint density at radius 3 is 2.60 bits per heavy atom. The predicted molar refractivity (Wildman–Crippen MR) is 95.7 cm³/mol. The van der Waals surface area contributed by atoms with Gasteiger partial charge >= 0.3 is 6.09 Å². The maximum absolute atomic E-state index is 11.7. The van der Waals surface area contributed by atoms with E-state index in [1.807, 2.05) is 30.3 Å². The van der Waals surface area contributed by atoms with E-state index < -0.39 is 6.09 Å². The van der Waals surface area contributed by atoms with Gasteiger partial charge in [-0.25, -0.2) is 4.79 Å². The Kier molecular flexibility index (Phi) is 5.11. The van der Waals surface area contributed by atoms with Crippen LogP contribution in [0.5, 0.6) is 0 Å². The summed E-state index contributed by atoms with van der Waals surface area (Å²) in [6, 6.07) is 17.9. The van der Waals surface area contributed by atoms with Crippen molar-refractivity contribution < 1.29 is 14.2 Å². The number of hydrogen-bond donors (Lipinski definition) is 1. The third-order valence-electron chi connectivity index (χ3n) is 3.29. The van der Waals surface area contributed by atoms with Gasteiger partial charge in [0.1, 0.15) is 11.4 Å². The van der Waals surface area contributed by atoms with Crippen molar-refractivity contribution in [3.63, 3.8) is 0 Å². The average molecular weight is 356 g/mol. The van der Waals surface area contributed by atoms with Crippen LogP contribution >= 0.6 is 11.6 Å². The number of nitrogens with zero attached hydrogens (tertiary/aromatic N) is 2. The highest BCUT2D eigenvalue weighted by Gasteiger charge is 2.10. The fraction of sp³-hybridized carbons (Fsp3) is 0.0556. The monoisotopic (exact) mass is 355 g/mol. The second-order valence-electron chi connectivity index (χ2n) is 5.13. The fourth-order valence-corrected chi connectivity index (χ4v) is 2.15. The molecule has 1 heterocycles. The summed E-state index contributed by atoms with van der Waals surface area (Å²) in [7, 11) is 0. The molecule has 0 unspecified atom stereocenters. The van der Waals surface area contributed by atoms with E-state index in [1.54, 1.807) is 37.3 Å². The molecule has 0 saturated heterocycles. The molecule has 1 aromatic heterocycles. The van der Waals surface area contributed by atoms with E-state index in [9.17, 15) is 4.79 Å². The zero-order valence-corrected chi connectivity index (χ0v) is 14.0. The molecule has 0 radical (unpaired) electrons. The molecule has 1 amide bonds. The van der Waals surface area contributed by atoms with Crippen molar-refractivity contribution in [3.8, 4) is 11.3 Å². The second-order valence-corrected chi connectivity index (χ2v) is 5.57. The maximum Gasteiger partial charge on any atom is 0.437 e. The molecule has 0 fully saturated rings. The molecular weight excluding hydrogens is 342 g/mol. The van der Waals surface area contributed by atoms with Crippen LogP contribution in [0.2, 0.25) is 5.02 Å². The largest absolute Gasteiger partial charge is 0.437 e. The molecule has 3 aromatic rings. The van der Waals surface area contributed by atoms with Crippen LogP contribution in [0.4, 0.5) is 10.5 Å². The van der Waals surface area contributed by atoms with Gasteiger partial charge in [0, 0.05) is 22.3 Å². The molecule has 2 aromatic carbocycles. The van der Waals surface area contributed by atoms with E-state index in [0.29, 0.717) is 27.9 Å². The topological polar surface area (TPSA) is 76.7 Å². The third-order valence-corrected chi connectivity index (χ3v) is 3.54.